The first-order valence-corrected chi connectivity index (χ1v) is 14.1. The third-order valence-electron chi connectivity index (χ3n) is 12.5. The van der Waals surface area contributed by atoms with Crippen LogP contribution in [0.2, 0.25) is 0 Å². The van der Waals surface area contributed by atoms with E-state index in [1.807, 2.05) is 26.0 Å². The third kappa shape index (κ3) is 3.11. The van der Waals surface area contributed by atoms with Crippen LogP contribution in [-0.2, 0) is 19.1 Å². The molecule has 0 bridgehead atoms. The fraction of sp³-hybridized carbons (Fsp3) is 0.750. The zero-order chi connectivity index (χ0) is 27.4. The minimum atomic E-state index is -0.669. The topological polar surface area (TPSA) is 84.2 Å². The van der Waals surface area contributed by atoms with Crippen molar-refractivity contribution in [1.82, 2.24) is 0 Å². The predicted molar refractivity (Wildman–Crippen MR) is 141 cm³/mol. The number of Topliss-reactive ketones (excluding diaryl/α,β-unsaturated/α-hetero) is 1. The van der Waals surface area contributed by atoms with Gasteiger partial charge in [-0.25, -0.2) is 0 Å². The largest absolute Gasteiger partial charge is 0.469 e. The predicted octanol–water partition coefficient (Wildman–Crippen LogP) is 6.38. The maximum Gasteiger partial charge on any atom is 0.312 e. The first-order valence-electron chi connectivity index (χ1n) is 14.1. The molecule has 0 radical (unpaired) electrons. The number of rotatable bonds is 1. The van der Waals surface area contributed by atoms with Crippen LogP contribution in [0.1, 0.15) is 93.4 Å². The van der Waals surface area contributed by atoms with E-state index in [-0.39, 0.29) is 57.1 Å². The number of allylic oxidation sites excluding steroid dienone is 4. The van der Waals surface area contributed by atoms with Crippen molar-refractivity contribution in [2.24, 2.45) is 50.2 Å². The lowest BCUT2D eigenvalue weighted by Crippen LogP contribution is -2.65. The highest BCUT2D eigenvalue weighted by Crippen LogP contribution is 2.74. The first kappa shape index (κ1) is 26.4. The maximum absolute atomic E-state index is 14.4. The molecule has 0 spiro atoms. The molecular weight excluding hydrogens is 462 g/mol. The minimum absolute atomic E-state index is 0.0308. The summed E-state index contributed by atoms with van der Waals surface area (Å²) in [6.07, 6.45) is 9.65. The molecular formula is C32H43NO4. The van der Waals surface area contributed by atoms with Crippen LogP contribution in [0.15, 0.2) is 23.3 Å². The van der Waals surface area contributed by atoms with Gasteiger partial charge in [-0.3, -0.25) is 14.4 Å². The Hall–Kier alpha value is -2.22. The second kappa shape index (κ2) is 7.67. The van der Waals surface area contributed by atoms with E-state index in [1.165, 1.54) is 7.11 Å². The molecule has 0 aromatic carbocycles. The van der Waals surface area contributed by atoms with E-state index in [9.17, 15) is 19.6 Å². The van der Waals surface area contributed by atoms with E-state index in [1.54, 1.807) is 0 Å². The number of hydrogen-bond acceptors (Lipinski definition) is 5. The summed E-state index contributed by atoms with van der Waals surface area (Å²) in [5.41, 5.74) is -1.02. The second-order valence-corrected chi connectivity index (χ2v) is 14.9. The molecule has 5 nitrogen and oxygen atoms in total. The first-order chi connectivity index (χ1) is 17.0. The number of ether oxygens (including phenoxy) is 1. The summed E-state index contributed by atoms with van der Waals surface area (Å²) < 4.78 is 5.41. The molecule has 0 aliphatic heterocycles. The molecule has 200 valence electrons. The summed E-state index contributed by atoms with van der Waals surface area (Å²) in [7, 11) is 1.48. The molecule has 5 rings (SSSR count). The van der Waals surface area contributed by atoms with Crippen LogP contribution in [-0.4, -0.2) is 24.6 Å². The van der Waals surface area contributed by atoms with E-state index in [0.29, 0.717) is 0 Å². The number of nitriles is 1. The van der Waals surface area contributed by atoms with Gasteiger partial charge in [0, 0.05) is 16.7 Å². The number of fused-ring (bicyclic) bond motifs is 7. The third-order valence-corrected chi connectivity index (χ3v) is 12.5. The summed E-state index contributed by atoms with van der Waals surface area (Å²) in [6, 6.07) is 2.17. The number of hydrogen-bond donors (Lipinski definition) is 0. The molecule has 5 aliphatic rings. The average molecular weight is 506 g/mol. The second-order valence-electron chi connectivity index (χ2n) is 14.9. The van der Waals surface area contributed by atoms with Crippen LogP contribution in [0.4, 0.5) is 0 Å². The zero-order valence-corrected chi connectivity index (χ0v) is 23.9. The molecule has 7 atom stereocenters. The van der Waals surface area contributed by atoms with Gasteiger partial charge in [-0.05, 0) is 79.1 Å². The van der Waals surface area contributed by atoms with Crippen molar-refractivity contribution in [1.29, 1.82) is 5.26 Å². The molecule has 0 aromatic rings. The van der Waals surface area contributed by atoms with Crippen molar-refractivity contribution in [2.75, 3.05) is 7.11 Å². The fourth-order valence-corrected chi connectivity index (χ4v) is 10.2. The summed E-state index contributed by atoms with van der Waals surface area (Å²) in [5, 5.41) is 9.86. The molecule has 5 heteroatoms. The number of carbonyl (C=O) groups is 3. The minimum Gasteiger partial charge on any atom is -0.469 e. The molecule has 0 amide bonds. The Morgan fingerprint density at radius 1 is 1.00 bits per heavy atom. The standard InChI is InChI=1S/C32H43NO4/c1-27(2)11-13-32(26(36)37-8)14-12-31(7)24(20(32)17-27)21(34)15-23-29(5)16-19(18-33)25(35)28(3,4)22(29)9-10-30(23,31)6/h15-16,20,22,24H,9-14,17H2,1-8H3/t20-,22-,24-,29-,30+,31+,32-/m1/s1. The van der Waals surface area contributed by atoms with Crippen molar-refractivity contribution in [2.45, 2.75) is 93.4 Å². The van der Waals surface area contributed by atoms with E-state index in [2.05, 4.69) is 40.7 Å². The Balaban J connectivity index is 1.71. The van der Waals surface area contributed by atoms with Gasteiger partial charge >= 0.3 is 5.97 Å². The highest BCUT2D eigenvalue weighted by Gasteiger charge is 2.71. The molecule has 3 saturated carbocycles. The van der Waals surface area contributed by atoms with Gasteiger partial charge in [0.1, 0.15) is 6.07 Å². The van der Waals surface area contributed by atoms with Gasteiger partial charge in [-0.1, -0.05) is 60.1 Å². The molecule has 0 aromatic heterocycles. The molecule has 0 saturated heterocycles. The lowest BCUT2D eigenvalue weighted by Gasteiger charge is -2.68. The molecule has 0 unspecified atom stereocenters. The van der Waals surface area contributed by atoms with Gasteiger partial charge in [0.2, 0.25) is 0 Å². The van der Waals surface area contributed by atoms with Crippen LogP contribution in [0.5, 0.6) is 0 Å². The molecule has 0 N–H and O–H groups in total. The highest BCUT2D eigenvalue weighted by molar-refractivity contribution is 6.04. The van der Waals surface area contributed by atoms with E-state index in [0.717, 1.165) is 50.5 Å². The Morgan fingerprint density at radius 2 is 1.65 bits per heavy atom. The molecule has 0 heterocycles. The molecule has 5 aliphatic carbocycles. The van der Waals surface area contributed by atoms with E-state index < -0.39 is 16.2 Å². The van der Waals surface area contributed by atoms with Crippen LogP contribution in [0.25, 0.3) is 0 Å². The van der Waals surface area contributed by atoms with Crippen LogP contribution < -0.4 is 0 Å². The number of carbonyl (C=O) groups excluding carboxylic acids is 3. The molecule has 37 heavy (non-hydrogen) atoms. The Labute approximate surface area is 222 Å². The van der Waals surface area contributed by atoms with E-state index >= 15 is 0 Å². The smallest absolute Gasteiger partial charge is 0.312 e. The lowest BCUT2D eigenvalue weighted by molar-refractivity contribution is -0.191. The molecule has 3 fully saturated rings. The van der Waals surface area contributed by atoms with Crippen molar-refractivity contribution in [3.05, 3.63) is 23.3 Å². The van der Waals surface area contributed by atoms with Gasteiger partial charge in [0.15, 0.2) is 11.6 Å². The number of methoxy groups -OCH3 is 1. The van der Waals surface area contributed by atoms with Gasteiger partial charge < -0.3 is 4.74 Å². The van der Waals surface area contributed by atoms with Gasteiger partial charge in [-0.15, -0.1) is 0 Å². The van der Waals surface area contributed by atoms with Gasteiger partial charge in [0.05, 0.1) is 18.1 Å². The maximum atomic E-state index is 14.4. The van der Waals surface area contributed by atoms with Crippen molar-refractivity contribution < 1.29 is 19.1 Å². The SMILES string of the molecule is COC(=O)[C@@]12CCC(C)(C)C[C@@H]1[C@@H]1C(=O)C=C3[C@]4(C)C=C(C#N)C(=O)C(C)(C)[C@H]4CC[C@]3(C)[C@@]1(C)CC2. The number of esters is 1. The Bertz CT molecular complexity index is 1200. The van der Waals surface area contributed by atoms with Gasteiger partial charge in [0.25, 0.3) is 0 Å². The summed E-state index contributed by atoms with van der Waals surface area (Å²) in [6.45, 7) is 15.2. The number of ketones is 2. The Kier molecular flexibility index (Phi) is 5.47. The summed E-state index contributed by atoms with van der Waals surface area (Å²) >= 11 is 0. The number of nitrogens with zero attached hydrogens (tertiary/aromatic N) is 1. The fourth-order valence-electron chi connectivity index (χ4n) is 10.2. The van der Waals surface area contributed by atoms with Crippen LogP contribution >= 0.6 is 0 Å². The quantitative estimate of drug-likeness (QED) is 0.386. The van der Waals surface area contributed by atoms with Crippen LogP contribution in [0, 0.1) is 61.6 Å². The highest BCUT2D eigenvalue weighted by atomic mass is 16.5. The zero-order valence-electron chi connectivity index (χ0n) is 23.9. The lowest BCUT2D eigenvalue weighted by atomic mass is 9.34. The van der Waals surface area contributed by atoms with Crippen molar-refractivity contribution >= 4 is 17.5 Å². The summed E-state index contributed by atoms with van der Waals surface area (Å²) in [5.74, 6) is -0.376. The normalized spacial score (nSPS) is 45.6. The van der Waals surface area contributed by atoms with Crippen molar-refractivity contribution in [3.8, 4) is 6.07 Å². The summed E-state index contributed by atoms with van der Waals surface area (Å²) in [4.78, 5) is 40.9. The average Bonchev–Trinajstić information content (AvgIpc) is 2.82. The van der Waals surface area contributed by atoms with Gasteiger partial charge in [-0.2, -0.15) is 5.26 Å². The van der Waals surface area contributed by atoms with Crippen molar-refractivity contribution in [3.63, 3.8) is 0 Å². The monoisotopic (exact) mass is 505 g/mol. The van der Waals surface area contributed by atoms with Crippen LogP contribution in [0.3, 0.4) is 0 Å². The Morgan fingerprint density at radius 3 is 2.27 bits per heavy atom. The van der Waals surface area contributed by atoms with E-state index in [4.69, 9.17) is 4.74 Å².